The third kappa shape index (κ3) is 89100. The van der Waals surface area contributed by atoms with E-state index in [0.717, 1.165) is 0 Å². The van der Waals surface area contributed by atoms with Crippen LogP contribution in [0.4, 0.5) is 0 Å². The summed E-state index contributed by atoms with van der Waals surface area (Å²) in [5, 5.41) is 0. The summed E-state index contributed by atoms with van der Waals surface area (Å²) in [4.78, 5) is 0. The molecular formula is C12H44N4. The average Bonchev–Trinajstić information content (AvgIpc) is 2.54. The topological polar surface area (TPSA) is 104 Å². The molecule has 0 saturated heterocycles. The van der Waals surface area contributed by atoms with E-state index in [1.165, 1.54) is 28.2 Å². The molecule has 0 aromatic rings. The van der Waals surface area contributed by atoms with Crippen LogP contribution in [0.3, 0.4) is 0 Å². The maximum atomic E-state index is 4.50. The SMILES string of the molecule is CC.CC.CC.CC.CN.CN.CN.CN. The molecule has 0 aromatic heterocycles. The minimum atomic E-state index is 1.50. The standard InChI is InChI=1S/4C2H6.4CH5N/c8*1-2/h4*1-2H3;4*2H2,1H3. The van der Waals surface area contributed by atoms with E-state index in [2.05, 4.69) is 22.9 Å². The lowest BCUT2D eigenvalue weighted by atomic mass is 11.0. The summed E-state index contributed by atoms with van der Waals surface area (Å²) >= 11 is 0. The first-order valence-corrected chi connectivity index (χ1v) is 6.31. The first kappa shape index (κ1) is 56.8. The Morgan fingerprint density at radius 2 is 0.250 bits per heavy atom. The molecule has 0 unspecified atom stereocenters. The van der Waals surface area contributed by atoms with Gasteiger partial charge in [-0.25, -0.2) is 0 Å². The van der Waals surface area contributed by atoms with Crippen molar-refractivity contribution in [1.29, 1.82) is 0 Å². The van der Waals surface area contributed by atoms with Gasteiger partial charge < -0.3 is 22.9 Å². The van der Waals surface area contributed by atoms with Gasteiger partial charge in [-0.2, -0.15) is 0 Å². The molecule has 0 rings (SSSR count). The maximum Gasteiger partial charge on any atom is -0.0195 e. The van der Waals surface area contributed by atoms with Crippen molar-refractivity contribution in [3.8, 4) is 0 Å². The fourth-order valence-corrected chi connectivity index (χ4v) is 0. The molecule has 0 amide bonds. The normalized spacial score (nSPS) is 3.00. The lowest BCUT2D eigenvalue weighted by Gasteiger charge is -1.19. The highest BCUT2D eigenvalue weighted by Crippen LogP contribution is 1.15. The van der Waals surface area contributed by atoms with Gasteiger partial charge in [-0.05, 0) is 28.2 Å². The molecule has 4 heteroatoms. The number of rotatable bonds is 0. The van der Waals surface area contributed by atoms with Crippen LogP contribution in [0.1, 0.15) is 55.4 Å². The second kappa shape index (κ2) is 111000. The van der Waals surface area contributed by atoms with Crippen LogP contribution in [0, 0.1) is 0 Å². The van der Waals surface area contributed by atoms with Gasteiger partial charge in [-0.15, -0.1) is 0 Å². The second-order valence-corrected chi connectivity index (χ2v) is 0. The Kier molecular flexibility index (Phi) is 394000. The third-order valence-electron chi connectivity index (χ3n) is 0. The Morgan fingerprint density at radius 1 is 0.250 bits per heavy atom. The molecule has 0 saturated carbocycles. The zero-order valence-electron chi connectivity index (χ0n) is 14.3. The predicted octanol–water partition coefficient (Wildman–Crippen LogP) is 2.40. The van der Waals surface area contributed by atoms with Crippen molar-refractivity contribution in [2.45, 2.75) is 55.4 Å². The van der Waals surface area contributed by atoms with Crippen LogP contribution >= 0.6 is 0 Å². The zero-order valence-corrected chi connectivity index (χ0v) is 14.3. The van der Waals surface area contributed by atoms with E-state index < -0.39 is 0 Å². The van der Waals surface area contributed by atoms with Gasteiger partial charge in [0.25, 0.3) is 0 Å². The minimum Gasteiger partial charge on any atom is -0.333 e. The van der Waals surface area contributed by atoms with Crippen molar-refractivity contribution >= 4 is 0 Å². The smallest absolute Gasteiger partial charge is 0.0195 e. The monoisotopic (exact) mass is 244 g/mol. The van der Waals surface area contributed by atoms with Gasteiger partial charge in [0.1, 0.15) is 0 Å². The van der Waals surface area contributed by atoms with Gasteiger partial charge in [0.2, 0.25) is 0 Å². The van der Waals surface area contributed by atoms with E-state index in [0.29, 0.717) is 0 Å². The van der Waals surface area contributed by atoms with Gasteiger partial charge >= 0.3 is 0 Å². The summed E-state index contributed by atoms with van der Waals surface area (Å²) in [7, 11) is 6.00. The molecule has 8 N–H and O–H groups in total. The minimum absolute atomic E-state index is 1.50. The molecule has 0 aliphatic carbocycles. The first-order chi connectivity index (χ1) is 8.00. The summed E-state index contributed by atoms with van der Waals surface area (Å²) in [6.45, 7) is 16.0. The fraction of sp³-hybridized carbons (Fsp3) is 1.00. The largest absolute Gasteiger partial charge is 0.333 e. The Bertz CT molecular complexity index is 13.0. The zero-order chi connectivity index (χ0) is 16.0. The Morgan fingerprint density at radius 3 is 0.250 bits per heavy atom. The van der Waals surface area contributed by atoms with Crippen molar-refractivity contribution in [2.24, 2.45) is 22.9 Å². The molecule has 0 bridgehead atoms. The summed E-state index contributed by atoms with van der Waals surface area (Å²) in [6.07, 6.45) is 0. The Labute approximate surface area is 107 Å². The highest BCUT2D eigenvalue weighted by molar-refractivity contribution is 3.54. The van der Waals surface area contributed by atoms with Gasteiger partial charge in [0, 0.05) is 0 Å². The number of nitrogens with two attached hydrogens (primary N) is 4. The van der Waals surface area contributed by atoms with Crippen LogP contribution in [-0.4, -0.2) is 28.2 Å². The van der Waals surface area contributed by atoms with Crippen LogP contribution in [0.2, 0.25) is 0 Å². The highest BCUT2D eigenvalue weighted by atomic mass is 14.4. The van der Waals surface area contributed by atoms with Crippen LogP contribution < -0.4 is 22.9 Å². The quantitative estimate of drug-likeness (QED) is 0.525. The molecule has 0 atom stereocenters. The van der Waals surface area contributed by atoms with Gasteiger partial charge in [-0.1, -0.05) is 55.4 Å². The molecular weight excluding hydrogens is 200 g/mol. The van der Waals surface area contributed by atoms with Crippen molar-refractivity contribution in [2.75, 3.05) is 28.2 Å². The molecule has 0 aromatic carbocycles. The van der Waals surface area contributed by atoms with Crippen molar-refractivity contribution in [3.63, 3.8) is 0 Å². The number of hydrogen-bond donors (Lipinski definition) is 4. The molecule has 0 fully saturated rings. The molecule has 0 aliphatic rings. The van der Waals surface area contributed by atoms with Crippen LogP contribution in [0.15, 0.2) is 0 Å². The highest BCUT2D eigenvalue weighted by Gasteiger charge is 0.938. The maximum absolute atomic E-state index is 4.50. The van der Waals surface area contributed by atoms with Gasteiger partial charge in [0.05, 0.1) is 0 Å². The van der Waals surface area contributed by atoms with E-state index in [9.17, 15) is 0 Å². The van der Waals surface area contributed by atoms with Crippen molar-refractivity contribution in [1.82, 2.24) is 0 Å². The predicted molar refractivity (Wildman–Crippen MR) is 85.8 cm³/mol. The van der Waals surface area contributed by atoms with Gasteiger partial charge in [-0.3, -0.25) is 0 Å². The average molecular weight is 245 g/mol. The van der Waals surface area contributed by atoms with Gasteiger partial charge in [0.15, 0.2) is 0 Å². The van der Waals surface area contributed by atoms with E-state index in [-0.39, 0.29) is 0 Å². The lowest BCUT2D eigenvalue weighted by molar-refractivity contribution is 1.48. The van der Waals surface area contributed by atoms with E-state index >= 15 is 0 Å². The van der Waals surface area contributed by atoms with E-state index in [1.807, 2.05) is 55.4 Å². The molecule has 4 nitrogen and oxygen atoms in total. The van der Waals surface area contributed by atoms with Crippen LogP contribution in [-0.2, 0) is 0 Å². The van der Waals surface area contributed by atoms with Crippen molar-refractivity contribution < 1.29 is 0 Å². The summed E-state index contributed by atoms with van der Waals surface area (Å²) in [5.41, 5.74) is 18.0. The van der Waals surface area contributed by atoms with Crippen LogP contribution in [0.25, 0.3) is 0 Å². The lowest BCUT2D eigenvalue weighted by Crippen LogP contribution is -1.69. The summed E-state index contributed by atoms with van der Waals surface area (Å²) in [6, 6.07) is 0. The Balaban J connectivity index is -0.00000000762. The molecule has 0 aliphatic heterocycles. The first-order valence-electron chi connectivity index (χ1n) is 6.31. The third-order valence-corrected chi connectivity index (χ3v) is 0. The Hall–Kier alpha value is -0.160. The molecule has 0 spiro atoms. The molecule has 0 heterocycles. The molecule has 112 valence electrons. The molecule has 16 heavy (non-hydrogen) atoms. The fourth-order valence-electron chi connectivity index (χ4n) is 0. The summed E-state index contributed by atoms with van der Waals surface area (Å²) < 4.78 is 0. The second-order valence-electron chi connectivity index (χ2n) is 0. The van der Waals surface area contributed by atoms with E-state index in [4.69, 9.17) is 0 Å². The summed E-state index contributed by atoms with van der Waals surface area (Å²) in [5.74, 6) is 0. The van der Waals surface area contributed by atoms with Crippen molar-refractivity contribution in [3.05, 3.63) is 0 Å². The molecule has 0 radical (unpaired) electrons. The van der Waals surface area contributed by atoms with E-state index in [1.54, 1.807) is 0 Å². The van der Waals surface area contributed by atoms with Crippen LogP contribution in [0.5, 0.6) is 0 Å². The number of hydrogen-bond acceptors (Lipinski definition) is 4.